The van der Waals surface area contributed by atoms with Gasteiger partial charge in [0.25, 0.3) is 0 Å². The third kappa shape index (κ3) is 11.4. The minimum absolute atomic E-state index is 0.156. The fraction of sp³-hybridized carbons (Fsp3) is 0.586. The maximum absolute atomic E-state index is 5.94. The highest BCUT2D eigenvalue weighted by Crippen LogP contribution is 2.27. The first kappa shape index (κ1) is 30.2. The highest BCUT2D eigenvalue weighted by molar-refractivity contribution is 5.66. The van der Waals surface area contributed by atoms with E-state index in [-0.39, 0.29) is 6.10 Å². The molecule has 2 aromatic carbocycles. The summed E-state index contributed by atoms with van der Waals surface area (Å²) in [7, 11) is 0. The fourth-order valence-electron chi connectivity index (χ4n) is 4.50. The highest BCUT2D eigenvalue weighted by atomic mass is 16.5. The first-order valence-corrected chi connectivity index (χ1v) is 13.7. The Morgan fingerprint density at radius 2 is 1.17 bits per heavy atom. The second-order valence-corrected chi connectivity index (χ2v) is 9.88. The van der Waals surface area contributed by atoms with Crippen molar-refractivity contribution >= 4 is 0 Å². The van der Waals surface area contributed by atoms with Crippen molar-refractivity contribution in [2.45, 2.75) is 70.6 Å². The van der Waals surface area contributed by atoms with Crippen LogP contribution < -0.4 is 38.3 Å². The second kappa shape index (κ2) is 17.5. The molecule has 0 aliphatic heterocycles. The summed E-state index contributed by atoms with van der Waals surface area (Å²) in [5, 5.41) is 7.31. The molecule has 2 rings (SSSR count). The van der Waals surface area contributed by atoms with Gasteiger partial charge in [0.2, 0.25) is 0 Å². The Bertz CT molecular complexity index is 802. The van der Waals surface area contributed by atoms with Crippen molar-refractivity contribution in [1.29, 1.82) is 0 Å². The summed E-state index contributed by atoms with van der Waals surface area (Å²) < 4.78 is 5.85. The second-order valence-electron chi connectivity index (χ2n) is 9.88. The summed E-state index contributed by atoms with van der Waals surface area (Å²) in [6, 6.07) is 16.0. The molecule has 7 nitrogen and oxygen atoms in total. The maximum Gasteiger partial charge on any atom is 0.119 e. The Hall–Kier alpha value is -2.00. The molecule has 0 aliphatic carbocycles. The van der Waals surface area contributed by atoms with Crippen LogP contribution in [-0.4, -0.2) is 57.5 Å². The molecule has 0 amide bonds. The van der Waals surface area contributed by atoms with Gasteiger partial charge in [-0.1, -0.05) is 30.3 Å². The standard InChI is InChI=1S/C29H50N6O/c1-22(2)36-29-7-5-25(6-8-29)26-18-23(20-27(9-13-32)34-15-3-11-30)17-24(19-26)21-28(10-14-33)35-16-4-12-31/h5-8,17-19,22,27-28,34-35H,3-4,9-16,20-21,30-33H2,1-2H3. The maximum atomic E-state index is 5.94. The number of benzene rings is 2. The fourth-order valence-corrected chi connectivity index (χ4v) is 4.50. The molecule has 0 bridgehead atoms. The van der Waals surface area contributed by atoms with E-state index in [0.29, 0.717) is 38.3 Å². The van der Waals surface area contributed by atoms with E-state index in [9.17, 15) is 0 Å². The molecule has 0 aromatic heterocycles. The molecule has 2 atom stereocenters. The lowest BCUT2D eigenvalue weighted by molar-refractivity contribution is 0.242. The van der Waals surface area contributed by atoms with Crippen molar-refractivity contribution in [3.05, 3.63) is 53.6 Å². The van der Waals surface area contributed by atoms with Crippen LogP contribution in [0.1, 0.15) is 50.7 Å². The van der Waals surface area contributed by atoms with Crippen molar-refractivity contribution in [2.75, 3.05) is 39.3 Å². The normalized spacial score (nSPS) is 13.2. The van der Waals surface area contributed by atoms with E-state index in [0.717, 1.165) is 57.4 Å². The van der Waals surface area contributed by atoms with E-state index in [1.54, 1.807) is 0 Å². The minimum atomic E-state index is 0.156. The molecule has 7 heteroatoms. The van der Waals surface area contributed by atoms with Gasteiger partial charge in [-0.05, 0) is 126 Å². The number of ether oxygens (including phenoxy) is 1. The van der Waals surface area contributed by atoms with Gasteiger partial charge < -0.3 is 38.3 Å². The lowest BCUT2D eigenvalue weighted by Crippen LogP contribution is -2.35. The SMILES string of the molecule is CC(C)Oc1ccc(-c2cc(CC(CCN)NCCCN)cc(CC(CCN)NCCCN)c2)cc1. The van der Waals surface area contributed by atoms with Crippen molar-refractivity contribution in [3.63, 3.8) is 0 Å². The molecule has 10 N–H and O–H groups in total. The van der Waals surface area contributed by atoms with Crippen LogP contribution >= 0.6 is 0 Å². The number of nitrogens with two attached hydrogens (primary N) is 4. The van der Waals surface area contributed by atoms with Crippen molar-refractivity contribution in [3.8, 4) is 16.9 Å². The van der Waals surface area contributed by atoms with Gasteiger partial charge in [-0.15, -0.1) is 0 Å². The van der Waals surface area contributed by atoms with E-state index in [2.05, 4.69) is 53.1 Å². The molecule has 0 spiro atoms. The van der Waals surface area contributed by atoms with Crippen LogP contribution in [0.2, 0.25) is 0 Å². The molecule has 0 saturated carbocycles. The predicted octanol–water partition coefficient (Wildman–Crippen LogP) is 2.54. The van der Waals surface area contributed by atoms with E-state index < -0.39 is 0 Å². The first-order valence-electron chi connectivity index (χ1n) is 13.7. The molecule has 2 unspecified atom stereocenters. The Kier molecular flexibility index (Phi) is 14.7. The van der Waals surface area contributed by atoms with E-state index in [1.165, 1.54) is 22.3 Å². The molecular formula is C29H50N6O. The van der Waals surface area contributed by atoms with Gasteiger partial charge in [0.1, 0.15) is 5.75 Å². The van der Waals surface area contributed by atoms with Crippen molar-refractivity contribution in [2.24, 2.45) is 22.9 Å². The lowest BCUT2D eigenvalue weighted by Gasteiger charge is -2.21. The summed E-state index contributed by atoms with van der Waals surface area (Å²) in [6.45, 7) is 8.62. The van der Waals surface area contributed by atoms with E-state index in [1.807, 2.05) is 13.8 Å². The summed E-state index contributed by atoms with van der Waals surface area (Å²) in [5.41, 5.74) is 28.3. The third-order valence-corrected chi connectivity index (χ3v) is 6.23. The number of nitrogens with one attached hydrogen (secondary N) is 2. The first-order chi connectivity index (χ1) is 17.5. The average molecular weight is 499 g/mol. The van der Waals surface area contributed by atoms with Gasteiger partial charge in [-0.2, -0.15) is 0 Å². The number of hydrogen-bond acceptors (Lipinski definition) is 7. The van der Waals surface area contributed by atoms with Crippen LogP contribution in [0.4, 0.5) is 0 Å². The smallest absolute Gasteiger partial charge is 0.119 e. The van der Waals surface area contributed by atoms with Crippen LogP contribution in [0.15, 0.2) is 42.5 Å². The number of rotatable bonds is 19. The van der Waals surface area contributed by atoms with Gasteiger partial charge in [0.15, 0.2) is 0 Å². The van der Waals surface area contributed by atoms with E-state index >= 15 is 0 Å². The summed E-state index contributed by atoms with van der Waals surface area (Å²) >= 11 is 0. The Balaban J connectivity index is 2.32. The molecule has 0 saturated heterocycles. The van der Waals surface area contributed by atoms with Gasteiger partial charge in [-0.3, -0.25) is 0 Å². The van der Waals surface area contributed by atoms with Crippen molar-refractivity contribution in [1.82, 2.24) is 10.6 Å². The third-order valence-electron chi connectivity index (χ3n) is 6.23. The lowest BCUT2D eigenvalue weighted by atomic mass is 9.92. The largest absolute Gasteiger partial charge is 0.491 e. The summed E-state index contributed by atoms with van der Waals surface area (Å²) in [5.74, 6) is 0.893. The Morgan fingerprint density at radius 3 is 1.58 bits per heavy atom. The molecule has 202 valence electrons. The van der Waals surface area contributed by atoms with Crippen LogP contribution in [-0.2, 0) is 12.8 Å². The topological polar surface area (TPSA) is 137 Å². The summed E-state index contributed by atoms with van der Waals surface area (Å²) in [4.78, 5) is 0. The van der Waals surface area contributed by atoms with Gasteiger partial charge in [-0.25, -0.2) is 0 Å². The molecular weight excluding hydrogens is 448 g/mol. The molecule has 0 heterocycles. The molecule has 2 aromatic rings. The number of hydrogen-bond donors (Lipinski definition) is 6. The van der Waals surface area contributed by atoms with Gasteiger partial charge >= 0.3 is 0 Å². The zero-order valence-corrected chi connectivity index (χ0v) is 22.5. The molecule has 36 heavy (non-hydrogen) atoms. The Labute approximate surface area is 218 Å². The van der Waals surface area contributed by atoms with Crippen LogP contribution in [0.25, 0.3) is 11.1 Å². The molecule has 0 radical (unpaired) electrons. The van der Waals surface area contributed by atoms with Crippen molar-refractivity contribution < 1.29 is 4.74 Å². The minimum Gasteiger partial charge on any atom is -0.491 e. The Morgan fingerprint density at radius 1 is 0.667 bits per heavy atom. The zero-order chi connectivity index (χ0) is 26.2. The average Bonchev–Trinajstić information content (AvgIpc) is 2.84. The molecule has 0 fully saturated rings. The van der Waals surface area contributed by atoms with Gasteiger partial charge in [0.05, 0.1) is 6.10 Å². The predicted molar refractivity (Wildman–Crippen MR) is 153 cm³/mol. The van der Waals surface area contributed by atoms with Gasteiger partial charge in [0, 0.05) is 12.1 Å². The van der Waals surface area contributed by atoms with Crippen LogP contribution in [0.3, 0.4) is 0 Å². The highest BCUT2D eigenvalue weighted by Gasteiger charge is 2.14. The quantitative estimate of drug-likeness (QED) is 0.164. The van der Waals surface area contributed by atoms with E-state index in [4.69, 9.17) is 27.7 Å². The van der Waals surface area contributed by atoms with Crippen LogP contribution in [0.5, 0.6) is 5.75 Å². The monoisotopic (exact) mass is 498 g/mol. The van der Waals surface area contributed by atoms with Crippen LogP contribution in [0, 0.1) is 0 Å². The molecule has 0 aliphatic rings. The zero-order valence-electron chi connectivity index (χ0n) is 22.5. The summed E-state index contributed by atoms with van der Waals surface area (Å²) in [6.07, 6.45) is 5.81.